The minimum absolute atomic E-state index is 0.0561. The molecule has 4 nitrogen and oxygen atoms in total. The molecule has 4 heteroatoms. The Labute approximate surface area is 127 Å². The molecule has 3 aromatic rings. The second kappa shape index (κ2) is 5.30. The average molecular weight is 296 g/mol. The maximum atomic E-state index is 12.1. The van der Waals surface area contributed by atoms with Gasteiger partial charge in [-0.1, -0.05) is 18.2 Å². The van der Waals surface area contributed by atoms with Crippen molar-refractivity contribution in [3.8, 4) is 5.75 Å². The number of Topliss-reactive ketones (excluding diaryl/α,β-unsaturated/α-hetero) is 1. The highest BCUT2D eigenvalue weighted by atomic mass is 16.5. The summed E-state index contributed by atoms with van der Waals surface area (Å²) in [6.45, 7) is 5.00. The topological polar surface area (TPSA) is 56.5 Å². The van der Waals surface area contributed by atoms with Crippen molar-refractivity contribution < 1.29 is 13.9 Å². The van der Waals surface area contributed by atoms with E-state index in [-0.39, 0.29) is 11.4 Å². The van der Waals surface area contributed by atoms with E-state index >= 15 is 0 Å². The van der Waals surface area contributed by atoms with Gasteiger partial charge in [-0.25, -0.2) is 4.79 Å². The van der Waals surface area contributed by atoms with Crippen LogP contribution >= 0.6 is 0 Å². The summed E-state index contributed by atoms with van der Waals surface area (Å²) >= 11 is 0. The van der Waals surface area contributed by atoms with Gasteiger partial charge in [-0.2, -0.15) is 0 Å². The molecule has 0 radical (unpaired) electrons. The van der Waals surface area contributed by atoms with Crippen molar-refractivity contribution in [3.05, 3.63) is 52.4 Å². The average Bonchev–Trinajstić information content (AvgIpc) is 2.51. The molecular formula is C18H16O4. The van der Waals surface area contributed by atoms with Crippen molar-refractivity contribution in [3.63, 3.8) is 0 Å². The largest absolute Gasteiger partial charge is 0.483 e. The van der Waals surface area contributed by atoms with Crippen LogP contribution in [0.25, 0.3) is 21.7 Å². The van der Waals surface area contributed by atoms with Crippen molar-refractivity contribution in [2.24, 2.45) is 0 Å². The fourth-order valence-corrected chi connectivity index (χ4v) is 2.46. The lowest BCUT2D eigenvalue weighted by Crippen LogP contribution is -2.21. The number of carbonyl (C=O) groups excluding carboxylic acids is 1. The van der Waals surface area contributed by atoms with Crippen LogP contribution in [0, 0.1) is 6.92 Å². The molecule has 0 aliphatic rings. The van der Waals surface area contributed by atoms with Gasteiger partial charge in [-0.15, -0.1) is 0 Å². The zero-order chi connectivity index (χ0) is 15.9. The molecule has 2 aromatic carbocycles. The minimum atomic E-state index is -0.539. The molecule has 0 N–H and O–H groups in total. The van der Waals surface area contributed by atoms with Crippen LogP contribution in [-0.4, -0.2) is 11.9 Å². The number of hydrogen-bond acceptors (Lipinski definition) is 4. The van der Waals surface area contributed by atoms with Crippen LogP contribution in [0.4, 0.5) is 0 Å². The normalized spacial score (nSPS) is 12.5. The second-order valence-electron chi connectivity index (χ2n) is 5.37. The zero-order valence-electron chi connectivity index (χ0n) is 12.7. The summed E-state index contributed by atoms with van der Waals surface area (Å²) in [5.41, 5.74) is 0.841. The molecule has 0 unspecified atom stereocenters. The van der Waals surface area contributed by atoms with Crippen molar-refractivity contribution in [2.75, 3.05) is 0 Å². The fourth-order valence-electron chi connectivity index (χ4n) is 2.46. The third-order valence-electron chi connectivity index (χ3n) is 3.86. The van der Waals surface area contributed by atoms with E-state index in [1.54, 1.807) is 13.0 Å². The lowest BCUT2D eigenvalue weighted by molar-refractivity contribution is -0.122. The first-order valence-corrected chi connectivity index (χ1v) is 7.11. The molecule has 1 heterocycles. The highest BCUT2D eigenvalue weighted by molar-refractivity contribution is 6.05. The van der Waals surface area contributed by atoms with E-state index < -0.39 is 6.10 Å². The summed E-state index contributed by atoms with van der Waals surface area (Å²) in [7, 11) is 0. The molecule has 0 saturated carbocycles. The lowest BCUT2D eigenvalue weighted by Gasteiger charge is -2.15. The number of aryl methyl sites for hydroxylation is 1. The van der Waals surface area contributed by atoms with Gasteiger partial charge < -0.3 is 9.15 Å². The standard InChI is InChI=1S/C18H16O4/c1-10-16(21-12(3)11(2)19)9-8-14-13-6-4-5-7-15(13)18(20)22-17(10)14/h4-9,12H,1-3H3/t12-/m0/s1. The van der Waals surface area contributed by atoms with Gasteiger partial charge >= 0.3 is 5.63 Å². The highest BCUT2D eigenvalue weighted by Gasteiger charge is 2.15. The van der Waals surface area contributed by atoms with Crippen molar-refractivity contribution in [1.29, 1.82) is 0 Å². The Balaban J connectivity index is 2.26. The van der Waals surface area contributed by atoms with E-state index in [9.17, 15) is 9.59 Å². The number of ketones is 1. The first kappa shape index (κ1) is 14.3. The van der Waals surface area contributed by atoms with E-state index in [0.29, 0.717) is 22.3 Å². The maximum Gasteiger partial charge on any atom is 0.344 e. The Bertz CT molecular complexity index is 937. The van der Waals surface area contributed by atoms with Crippen LogP contribution < -0.4 is 10.4 Å². The Morgan fingerprint density at radius 1 is 1.09 bits per heavy atom. The smallest absolute Gasteiger partial charge is 0.344 e. The maximum absolute atomic E-state index is 12.1. The highest BCUT2D eigenvalue weighted by Crippen LogP contribution is 2.31. The van der Waals surface area contributed by atoms with Gasteiger partial charge in [0.1, 0.15) is 11.3 Å². The van der Waals surface area contributed by atoms with Crippen LogP contribution in [0.3, 0.4) is 0 Å². The summed E-state index contributed by atoms with van der Waals surface area (Å²) in [6.07, 6.45) is -0.539. The molecule has 1 atom stereocenters. The first-order chi connectivity index (χ1) is 10.5. The van der Waals surface area contributed by atoms with Gasteiger partial charge in [-0.05, 0) is 44.4 Å². The molecular weight excluding hydrogens is 280 g/mol. The Morgan fingerprint density at radius 3 is 2.45 bits per heavy atom. The molecule has 0 bridgehead atoms. The van der Waals surface area contributed by atoms with E-state index in [2.05, 4.69) is 0 Å². The number of fused-ring (bicyclic) bond motifs is 3. The van der Waals surface area contributed by atoms with Gasteiger partial charge in [-0.3, -0.25) is 4.79 Å². The molecule has 0 saturated heterocycles. The van der Waals surface area contributed by atoms with Crippen LogP contribution in [0.5, 0.6) is 5.75 Å². The van der Waals surface area contributed by atoms with E-state index in [4.69, 9.17) is 9.15 Å². The SMILES string of the molecule is CC(=O)[C@H](C)Oc1ccc2c(oc(=O)c3ccccc32)c1C. The number of hydrogen-bond donors (Lipinski definition) is 0. The zero-order valence-corrected chi connectivity index (χ0v) is 12.7. The number of ether oxygens (including phenoxy) is 1. The quantitative estimate of drug-likeness (QED) is 0.547. The Kier molecular flexibility index (Phi) is 3.45. The van der Waals surface area contributed by atoms with Crippen LogP contribution in [-0.2, 0) is 4.79 Å². The lowest BCUT2D eigenvalue weighted by atomic mass is 10.0. The molecule has 1 aromatic heterocycles. The molecule has 0 fully saturated rings. The molecule has 0 amide bonds. The van der Waals surface area contributed by atoms with Gasteiger partial charge in [0.05, 0.1) is 5.39 Å². The first-order valence-electron chi connectivity index (χ1n) is 7.11. The Hall–Kier alpha value is -2.62. The second-order valence-corrected chi connectivity index (χ2v) is 5.37. The summed E-state index contributed by atoms with van der Waals surface area (Å²) in [4.78, 5) is 23.5. The van der Waals surface area contributed by atoms with Crippen LogP contribution in [0.15, 0.2) is 45.6 Å². The summed E-state index contributed by atoms with van der Waals surface area (Å²) < 4.78 is 11.1. The molecule has 112 valence electrons. The third kappa shape index (κ3) is 2.26. The van der Waals surface area contributed by atoms with Crippen LogP contribution in [0.1, 0.15) is 19.4 Å². The van der Waals surface area contributed by atoms with Crippen molar-refractivity contribution in [1.82, 2.24) is 0 Å². The number of rotatable bonds is 3. The summed E-state index contributed by atoms with van der Waals surface area (Å²) in [5.74, 6) is 0.494. The number of benzene rings is 2. The third-order valence-corrected chi connectivity index (χ3v) is 3.86. The van der Waals surface area contributed by atoms with E-state index in [1.165, 1.54) is 6.92 Å². The molecule has 0 spiro atoms. The predicted molar refractivity (Wildman–Crippen MR) is 85.5 cm³/mol. The summed E-state index contributed by atoms with van der Waals surface area (Å²) in [5, 5.41) is 2.26. The van der Waals surface area contributed by atoms with E-state index in [0.717, 1.165) is 10.8 Å². The van der Waals surface area contributed by atoms with Crippen LogP contribution in [0.2, 0.25) is 0 Å². The van der Waals surface area contributed by atoms with Gasteiger partial charge in [0.25, 0.3) is 0 Å². The molecule has 3 rings (SSSR count). The summed E-state index contributed by atoms with van der Waals surface area (Å²) in [6, 6.07) is 11.0. The Morgan fingerprint density at radius 2 is 1.77 bits per heavy atom. The monoisotopic (exact) mass is 296 g/mol. The predicted octanol–water partition coefficient (Wildman–Crippen LogP) is 3.61. The fraction of sp³-hybridized carbons (Fsp3) is 0.222. The van der Waals surface area contributed by atoms with E-state index in [1.807, 2.05) is 37.3 Å². The molecule has 0 aliphatic carbocycles. The number of carbonyl (C=O) groups is 1. The minimum Gasteiger partial charge on any atom is -0.483 e. The molecule has 0 aliphatic heterocycles. The van der Waals surface area contributed by atoms with Crippen molar-refractivity contribution >= 4 is 27.5 Å². The van der Waals surface area contributed by atoms with Crippen molar-refractivity contribution in [2.45, 2.75) is 26.9 Å². The van der Waals surface area contributed by atoms with Gasteiger partial charge in [0.15, 0.2) is 11.9 Å². The van der Waals surface area contributed by atoms with Gasteiger partial charge in [0.2, 0.25) is 0 Å². The molecule has 22 heavy (non-hydrogen) atoms. The van der Waals surface area contributed by atoms with Gasteiger partial charge in [0, 0.05) is 10.9 Å².